The van der Waals surface area contributed by atoms with Crippen LogP contribution in [-0.2, 0) is 14.0 Å². The van der Waals surface area contributed by atoms with Gasteiger partial charge in [-0.25, -0.2) is 4.79 Å². The molecule has 0 aliphatic carbocycles. The molecule has 0 aromatic heterocycles. The van der Waals surface area contributed by atoms with Gasteiger partial charge in [0.2, 0.25) is 0 Å². The summed E-state index contributed by atoms with van der Waals surface area (Å²) >= 11 is 0. The van der Waals surface area contributed by atoms with E-state index in [9.17, 15) is 4.79 Å². The minimum atomic E-state index is -1.59. The van der Waals surface area contributed by atoms with Crippen molar-refractivity contribution in [2.45, 2.75) is 65.1 Å². The summed E-state index contributed by atoms with van der Waals surface area (Å²) < 4.78 is 10.7. The molecule has 0 aliphatic rings. The number of hydrogen-bond acceptors (Lipinski definition) is 3. The molecule has 0 saturated heterocycles. The maximum Gasteiger partial charge on any atom is 0.330 e. The molecule has 0 saturated carbocycles. The van der Waals surface area contributed by atoms with Crippen molar-refractivity contribution in [2.24, 2.45) is 0 Å². The molecule has 4 heteroatoms. The molecule has 0 aromatic carbocycles. The Kier molecular flexibility index (Phi) is 8.82. The smallest absolute Gasteiger partial charge is 0.330 e. The Morgan fingerprint density at radius 2 is 1.76 bits per heavy atom. The van der Waals surface area contributed by atoms with Gasteiger partial charge in [-0.1, -0.05) is 38.5 Å². The summed E-state index contributed by atoms with van der Waals surface area (Å²) in [4.78, 5) is 11.0. The van der Waals surface area contributed by atoms with E-state index >= 15 is 0 Å². The minimum Gasteiger partial charge on any atom is -0.466 e. The summed E-state index contributed by atoms with van der Waals surface area (Å²) in [7, 11) is -0.211. The zero-order valence-corrected chi connectivity index (χ0v) is 15.8. The van der Waals surface area contributed by atoms with Crippen LogP contribution in [0.1, 0.15) is 47.0 Å². The van der Waals surface area contributed by atoms with Gasteiger partial charge in [0.25, 0.3) is 0 Å². The van der Waals surface area contributed by atoms with Crippen molar-refractivity contribution < 1.29 is 14.0 Å². The highest BCUT2D eigenvalue weighted by Gasteiger charge is 2.36. The molecule has 0 fully saturated rings. The number of hydrogen-bond donors (Lipinski definition) is 0. The average molecular weight is 313 g/mol. The number of carbonyl (C=O) groups excluding carboxylic acids is 1. The fraction of sp³-hybridized carbons (Fsp3) is 0.706. The van der Waals surface area contributed by atoms with E-state index in [-0.39, 0.29) is 11.0 Å². The Morgan fingerprint density at radius 3 is 2.29 bits per heavy atom. The molecule has 0 N–H and O–H groups in total. The zero-order valence-electron chi connectivity index (χ0n) is 14.8. The van der Waals surface area contributed by atoms with E-state index in [1.807, 2.05) is 6.92 Å². The molecule has 0 aromatic rings. The number of rotatable bonds is 8. The summed E-state index contributed by atoms with van der Waals surface area (Å²) in [5, 5.41) is 0.280. The standard InChI is InChI=1S/C17H32O3Si/c1-15(12-13-16(18)19-5)11-9-8-10-14-20-21(6,7)17(2,3)4/h11-13H,8-10,14H2,1-7H3/b13-12+,15-11+. The maximum atomic E-state index is 11.0. The summed E-state index contributed by atoms with van der Waals surface area (Å²) in [5.74, 6) is -0.314. The van der Waals surface area contributed by atoms with Crippen LogP contribution < -0.4 is 0 Å². The lowest BCUT2D eigenvalue weighted by atomic mass is 10.2. The Bertz CT molecular complexity index is 376. The maximum absolute atomic E-state index is 11.0. The van der Waals surface area contributed by atoms with Gasteiger partial charge >= 0.3 is 5.97 Å². The Hall–Kier alpha value is -0.873. The first kappa shape index (κ1) is 20.1. The van der Waals surface area contributed by atoms with Crippen LogP contribution in [0.15, 0.2) is 23.8 Å². The third-order valence-corrected chi connectivity index (χ3v) is 8.56. The first-order chi connectivity index (χ1) is 9.60. The van der Waals surface area contributed by atoms with Crippen LogP contribution in [0.5, 0.6) is 0 Å². The van der Waals surface area contributed by atoms with Crippen LogP contribution in [0.4, 0.5) is 0 Å². The molecule has 0 heterocycles. The van der Waals surface area contributed by atoms with Gasteiger partial charge in [0.1, 0.15) is 0 Å². The molecular weight excluding hydrogens is 280 g/mol. The van der Waals surface area contributed by atoms with E-state index in [2.05, 4.69) is 44.7 Å². The third-order valence-electron chi connectivity index (χ3n) is 4.02. The van der Waals surface area contributed by atoms with Crippen molar-refractivity contribution in [3.63, 3.8) is 0 Å². The lowest BCUT2D eigenvalue weighted by Crippen LogP contribution is -2.40. The summed E-state index contributed by atoms with van der Waals surface area (Å²) in [6.45, 7) is 14.2. The fourth-order valence-corrected chi connectivity index (χ4v) is 2.54. The van der Waals surface area contributed by atoms with Gasteiger partial charge in [-0.3, -0.25) is 0 Å². The molecule has 3 nitrogen and oxygen atoms in total. The molecule has 122 valence electrons. The van der Waals surface area contributed by atoms with E-state index < -0.39 is 8.32 Å². The van der Waals surface area contributed by atoms with E-state index in [4.69, 9.17) is 4.43 Å². The van der Waals surface area contributed by atoms with E-state index in [0.717, 1.165) is 31.4 Å². The summed E-state index contributed by atoms with van der Waals surface area (Å²) in [6, 6.07) is 0. The third kappa shape index (κ3) is 8.89. The lowest BCUT2D eigenvalue weighted by Gasteiger charge is -2.36. The van der Waals surface area contributed by atoms with Gasteiger partial charge < -0.3 is 9.16 Å². The minimum absolute atomic E-state index is 0.280. The highest BCUT2D eigenvalue weighted by molar-refractivity contribution is 6.74. The molecule has 0 amide bonds. The van der Waals surface area contributed by atoms with Crippen molar-refractivity contribution >= 4 is 14.3 Å². The van der Waals surface area contributed by atoms with Gasteiger partial charge in [0, 0.05) is 12.7 Å². The zero-order chi connectivity index (χ0) is 16.5. The number of carbonyl (C=O) groups is 1. The largest absolute Gasteiger partial charge is 0.466 e. The molecule has 0 radical (unpaired) electrons. The van der Waals surface area contributed by atoms with Crippen LogP contribution in [-0.4, -0.2) is 28.0 Å². The molecule has 0 atom stereocenters. The summed E-state index contributed by atoms with van der Waals surface area (Å²) in [6.07, 6.45) is 8.59. The highest BCUT2D eigenvalue weighted by Crippen LogP contribution is 2.36. The number of ether oxygens (including phenoxy) is 1. The highest BCUT2D eigenvalue weighted by atomic mass is 28.4. The first-order valence-corrected chi connectivity index (χ1v) is 10.6. The number of unbranched alkanes of at least 4 members (excludes halogenated alkanes) is 2. The molecular formula is C17H32O3Si. The lowest BCUT2D eigenvalue weighted by molar-refractivity contribution is -0.134. The first-order valence-electron chi connectivity index (χ1n) is 7.67. The van der Waals surface area contributed by atoms with Crippen molar-refractivity contribution in [3.8, 4) is 0 Å². The molecule has 0 spiro atoms. The molecule has 0 aliphatic heterocycles. The second-order valence-electron chi connectivity index (χ2n) is 6.91. The van der Waals surface area contributed by atoms with Crippen LogP contribution in [0, 0.1) is 0 Å². The molecule has 21 heavy (non-hydrogen) atoms. The van der Waals surface area contributed by atoms with Gasteiger partial charge in [-0.05, 0) is 44.3 Å². The van der Waals surface area contributed by atoms with Crippen molar-refractivity contribution in [3.05, 3.63) is 23.8 Å². The SMILES string of the molecule is COC(=O)/C=C/C(C)=C/CCCCO[Si](C)(C)C(C)(C)C. The van der Waals surface area contributed by atoms with Gasteiger partial charge in [0.05, 0.1) is 7.11 Å². The van der Waals surface area contributed by atoms with Crippen molar-refractivity contribution in [1.82, 2.24) is 0 Å². The molecule has 0 unspecified atom stereocenters. The van der Waals surface area contributed by atoms with Gasteiger partial charge in [-0.15, -0.1) is 0 Å². The van der Waals surface area contributed by atoms with Gasteiger partial charge in [-0.2, -0.15) is 0 Å². The van der Waals surface area contributed by atoms with Crippen molar-refractivity contribution in [1.29, 1.82) is 0 Å². The number of methoxy groups -OCH3 is 1. The Balaban J connectivity index is 3.92. The fourth-order valence-electron chi connectivity index (χ4n) is 1.46. The Labute approximate surface area is 131 Å². The number of esters is 1. The Morgan fingerprint density at radius 1 is 1.14 bits per heavy atom. The number of allylic oxidation sites excluding steroid dienone is 3. The van der Waals surface area contributed by atoms with Gasteiger partial charge in [0.15, 0.2) is 8.32 Å². The van der Waals surface area contributed by atoms with E-state index in [0.29, 0.717) is 0 Å². The topological polar surface area (TPSA) is 35.5 Å². The summed E-state index contributed by atoms with van der Waals surface area (Å²) in [5.41, 5.74) is 1.09. The predicted molar refractivity (Wildman–Crippen MR) is 91.9 cm³/mol. The normalized spacial score (nSPS) is 13.8. The quantitative estimate of drug-likeness (QED) is 0.211. The second-order valence-corrected chi connectivity index (χ2v) is 11.7. The van der Waals surface area contributed by atoms with Crippen LogP contribution >= 0.6 is 0 Å². The second kappa shape index (κ2) is 9.21. The predicted octanol–water partition coefficient (Wildman–Crippen LogP) is 4.85. The monoisotopic (exact) mass is 312 g/mol. The van der Waals surface area contributed by atoms with Crippen LogP contribution in [0.25, 0.3) is 0 Å². The van der Waals surface area contributed by atoms with Crippen molar-refractivity contribution in [2.75, 3.05) is 13.7 Å². The molecule has 0 bridgehead atoms. The van der Waals surface area contributed by atoms with Crippen LogP contribution in [0.3, 0.4) is 0 Å². The molecule has 0 rings (SSSR count). The average Bonchev–Trinajstić information content (AvgIpc) is 2.38. The van der Waals surface area contributed by atoms with Crippen LogP contribution in [0.2, 0.25) is 18.1 Å². The van der Waals surface area contributed by atoms with E-state index in [1.54, 1.807) is 6.08 Å². The van der Waals surface area contributed by atoms with E-state index in [1.165, 1.54) is 13.2 Å².